The van der Waals surface area contributed by atoms with Crippen molar-refractivity contribution in [3.63, 3.8) is 0 Å². The van der Waals surface area contributed by atoms with E-state index in [-0.39, 0.29) is 0 Å². The first-order valence-electron chi connectivity index (χ1n) is 4.27. The molecule has 5 heteroatoms. The maximum absolute atomic E-state index is 11.5. The van der Waals surface area contributed by atoms with Gasteiger partial charge in [-0.05, 0) is 41.6 Å². The molecule has 1 aromatic carbocycles. The molecular weight excluding hydrogens is 309 g/mol. The molecule has 2 N–H and O–H groups in total. The third-order valence-electron chi connectivity index (χ3n) is 1.78. The lowest BCUT2D eigenvalue weighted by atomic mass is 10.2. The summed E-state index contributed by atoms with van der Waals surface area (Å²) in [6, 6.07) is 6.97. The summed E-state index contributed by atoms with van der Waals surface area (Å²) in [5.41, 5.74) is 5.42. The van der Waals surface area contributed by atoms with E-state index >= 15 is 0 Å². The molecule has 4 nitrogen and oxygen atoms in total. The minimum Gasteiger partial charge on any atom is -0.449 e. The molecular formula is C10H10INO3. The number of benzene rings is 1. The number of hydrogen-bond acceptors (Lipinski definition) is 3. The first-order chi connectivity index (χ1) is 7.02. The average molecular weight is 319 g/mol. The second kappa shape index (κ2) is 5.11. The minimum absolute atomic E-state index is 0.436. The number of halogens is 1. The molecule has 0 spiro atoms. The topological polar surface area (TPSA) is 69.4 Å². The van der Waals surface area contributed by atoms with Gasteiger partial charge >= 0.3 is 5.97 Å². The van der Waals surface area contributed by atoms with Gasteiger partial charge in [-0.25, -0.2) is 4.79 Å². The van der Waals surface area contributed by atoms with Crippen LogP contribution in [-0.4, -0.2) is 18.0 Å². The van der Waals surface area contributed by atoms with Gasteiger partial charge in [-0.15, -0.1) is 0 Å². The van der Waals surface area contributed by atoms with Crippen LogP contribution in [0.25, 0.3) is 0 Å². The van der Waals surface area contributed by atoms with E-state index in [1.165, 1.54) is 6.92 Å². The molecule has 0 unspecified atom stereocenters. The third kappa shape index (κ3) is 3.19. The van der Waals surface area contributed by atoms with Gasteiger partial charge in [0.2, 0.25) is 0 Å². The van der Waals surface area contributed by atoms with Gasteiger partial charge in [0.05, 0.1) is 5.56 Å². The van der Waals surface area contributed by atoms with Gasteiger partial charge in [-0.3, -0.25) is 4.79 Å². The SMILES string of the molecule is C[C@H](OC(=O)c1ccccc1I)C(N)=O. The number of ether oxygens (including phenoxy) is 1. The highest BCUT2D eigenvalue weighted by Crippen LogP contribution is 2.13. The Morgan fingerprint density at radius 1 is 1.40 bits per heavy atom. The Morgan fingerprint density at radius 3 is 2.53 bits per heavy atom. The van der Waals surface area contributed by atoms with Crippen molar-refractivity contribution in [1.82, 2.24) is 0 Å². The zero-order valence-corrected chi connectivity index (χ0v) is 10.2. The fourth-order valence-electron chi connectivity index (χ4n) is 0.909. The number of amides is 1. The molecule has 1 aromatic rings. The second-order valence-corrected chi connectivity index (χ2v) is 4.09. The van der Waals surface area contributed by atoms with Crippen LogP contribution in [0.3, 0.4) is 0 Å². The molecule has 1 amide bonds. The zero-order chi connectivity index (χ0) is 11.4. The van der Waals surface area contributed by atoms with Crippen LogP contribution >= 0.6 is 22.6 Å². The predicted octanol–water partition coefficient (Wildman–Crippen LogP) is 1.32. The molecule has 0 radical (unpaired) electrons. The molecule has 1 atom stereocenters. The van der Waals surface area contributed by atoms with Gasteiger partial charge in [-0.1, -0.05) is 12.1 Å². The monoisotopic (exact) mass is 319 g/mol. The highest BCUT2D eigenvalue weighted by atomic mass is 127. The van der Waals surface area contributed by atoms with Gasteiger partial charge in [0, 0.05) is 3.57 Å². The smallest absolute Gasteiger partial charge is 0.339 e. The van der Waals surface area contributed by atoms with Crippen molar-refractivity contribution in [1.29, 1.82) is 0 Å². The molecule has 15 heavy (non-hydrogen) atoms. The third-order valence-corrected chi connectivity index (χ3v) is 2.72. The Morgan fingerprint density at radius 2 is 2.00 bits per heavy atom. The van der Waals surface area contributed by atoms with Crippen LogP contribution in [0.2, 0.25) is 0 Å². The van der Waals surface area contributed by atoms with Crippen molar-refractivity contribution in [3.8, 4) is 0 Å². The van der Waals surface area contributed by atoms with Crippen molar-refractivity contribution in [3.05, 3.63) is 33.4 Å². The highest BCUT2D eigenvalue weighted by Gasteiger charge is 2.17. The van der Waals surface area contributed by atoms with Gasteiger partial charge in [0.25, 0.3) is 5.91 Å². The fraction of sp³-hybridized carbons (Fsp3) is 0.200. The molecule has 0 saturated carbocycles. The summed E-state index contributed by atoms with van der Waals surface area (Å²) in [5.74, 6) is -1.19. The van der Waals surface area contributed by atoms with Gasteiger partial charge in [0.1, 0.15) is 0 Å². The van der Waals surface area contributed by atoms with Crippen molar-refractivity contribution < 1.29 is 14.3 Å². The molecule has 0 aliphatic heterocycles. The van der Waals surface area contributed by atoms with E-state index in [0.29, 0.717) is 5.56 Å². The number of carbonyl (C=O) groups excluding carboxylic acids is 2. The molecule has 0 aliphatic carbocycles. The zero-order valence-electron chi connectivity index (χ0n) is 8.07. The van der Waals surface area contributed by atoms with Crippen LogP contribution in [0.5, 0.6) is 0 Å². The van der Waals surface area contributed by atoms with Crippen molar-refractivity contribution >= 4 is 34.5 Å². The summed E-state index contributed by atoms with van der Waals surface area (Å²) in [5, 5.41) is 0. The maximum atomic E-state index is 11.5. The quantitative estimate of drug-likeness (QED) is 0.675. The fourth-order valence-corrected chi connectivity index (χ4v) is 1.52. The van der Waals surface area contributed by atoms with Crippen LogP contribution in [-0.2, 0) is 9.53 Å². The molecule has 0 saturated heterocycles. The Hall–Kier alpha value is -1.11. The summed E-state index contributed by atoms with van der Waals surface area (Å²) in [7, 11) is 0. The number of carbonyl (C=O) groups is 2. The van der Waals surface area contributed by atoms with Crippen LogP contribution in [0.4, 0.5) is 0 Å². The molecule has 1 rings (SSSR count). The van der Waals surface area contributed by atoms with Crippen molar-refractivity contribution in [2.75, 3.05) is 0 Å². The lowest BCUT2D eigenvalue weighted by Crippen LogP contribution is -2.30. The molecule has 0 aromatic heterocycles. The highest BCUT2D eigenvalue weighted by molar-refractivity contribution is 14.1. The summed E-state index contributed by atoms with van der Waals surface area (Å²) < 4.78 is 5.64. The van der Waals surface area contributed by atoms with E-state index in [1.807, 2.05) is 28.7 Å². The van der Waals surface area contributed by atoms with Crippen molar-refractivity contribution in [2.24, 2.45) is 5.73 Å². The van der Waals surface area contributed by atoms with E-state index in [4.69, 9.17) is 10.5 Å². The molecule has 0 fully saturated rings. The summed E-state index contributed by atoms with van der Waals surface area (Å²) in [4.78, 5) is 22.2. The first kappa shape index (κ1) is 12.0. The summed E-state index contributed by atoms with van der Waals surface area (Å²) in [6.45, 7) is 1.44. The van der Waals surface area contributed by atoms with Crippen molar-refractivity contribution in [2.45, 2.75) is 13.0 Å². The van der Waals surface area contributed by atoms with Crippen LogP contribution in [0.15, 0.2) is 24.3 Å². The Kier molecular flexibility index (Phi) is 4.07. The molecule has 0 aliphatic rings. The standard InChI is InChI=1S/C10H10INO3/c1-6(9(12)13)15-10(14)7-4-2-3-5-8(7)11/h2-6H,1H3,(H2,12,13)/t6-/m0/s1. The maximum Gasteiger partial charge on any atom is 0.339 e. The van der Waals surface area contributed by atoms with E-state index in [0.717, 1.165) is 3.57 Å². The largest absolute Gasteiger partial charge is 0.449 e. The van der Waals surface area contributed by atoms with E-state index < -0.39 is 18.0 Å². The van der Waals surface area contributed by atoms with E-state index in [2.05, 4.69) is 0 Å². The molecule has 0 bridgehead atoms. The lowest BCUT2D eigenvalue weighted by Gasteiger charge is -2.10. The molecule has 80 valence electrons. The number of rotatable bonds is 3. The number of esters is 1. The van der Waals surface area contributed by atoms with Crippen LogP contribution in [0, 0.1) is 3.57 Å². The van der Waals surface area contributed by atoms with Gasteiger partial charge in [-0.2, -0.15) is 0 Å². The second-order valence-electron chi connectivity index (χ2n) is 2.93. The number of hydrogen-bond donors (Lipinski definition) is 1. The average Bonchev–Trinajstić information content (AvgIpc) is 2.18. The summed E-state index contributed by atoms with van der Waals surface area (Å²) in [6.07, 6.45) is -0.909. The predicted molar refractivity (Wildman–Crippen MR) is 63.2 cm³/mol. The first-order valence-corrected chi connectivity index (χ1v) is 5.35. The Balaban J connectivity index is 2.78. The van der Waals surface area contributed by atoms with E-state index in [1.54, 1.807) is 18.2 Å². The normalized spacial score (nSPS) is 11.9. The Labute approximate surface area is 101 Å². The Bertz CT molecular complexity index is 392. The van der Waals surface area contributed by atoms with Gasteiger partial charge in [0.15, 0.2) is 6.10 Å². The lowest BCUT2D eigenvalue weighted by molar-refractivity contribution is -0.125. The van der Waals surface area contributed by atoms with Crippen LogP contribution < -0.4 is 5.73 Å². The summed E-state index contributed by atoms with van der Waals surface area (Å²) >= 11 is 2.02. The number of primary amides is 1. The minimum atomic E-state index is -0.909. The number of nitrogens with two attached hydrogens (primary N) is 1. The van der Waals surface area contributed by atoms with E-state index in [9.17, 15) is 9.59 Å². The molecule has 0 heterocycles. The van der Waals surface area contributed by atoms with Gasteiger partial charge < -0.3 is 10.5 Å². The van der Waals surface area contributed by atoms with Crippen LogP contribution in [0.1, 0.15) is 17.3 Å².